The molecule has 0 aliphatic carbocycles. The molecule has 3 atom stereocenters. The van der Waals surface area contributed by atoms with E-state index in [2.05, 4.69) is 9.88 Å². The van der Waals surface area contributed by atoms with Crippen LogP contribution < -0.4 is 11.2 Å². The average molecular weight is 329 g/mol. The van der Waals surface area contributed by atoms with E-state index < -0.39 is 11.7 Å². The molecule has 0 spiro atoms. The van der Waals surface area contributed by atoms with Crippen molar-refractivity contribution in [2.75, 3.05) is 19.6 Å². The van der Waals surface area contributed by atoms with E-state index in [1.54, 1.807) is 19.1 Å². The highest BCUT2D eigenvalue weighted by Gasteiger charge is 2.40. The average Bonchev–Trinajstić information content (AvgIpc) is 3.17. The second kappa shape index (κ2) is 5.59. The monoisotopic (exact) mass is 329 g/mol. The van der Waals surface area contributed by atoms with Crippen LogP contribution in [-0.2, 0) is 11.3 Å². The summed E-state index contributed by atoms with van der Waals surface area (Å²) in [4.78, 5) is 41.5. The van der Waals surface area contributed by atoms with Crippen LogP contribution in [0.3, 0.4) is 0 Å². The van der Waals surface area contributed by atoms with E-state index in [0.717, 1.165) is 30.6 Å². The number of benzene rings is 1. The molecule has 0 saturated carbocycles. The molecule has 1 aromatic heterocycles. The van der Waals surface area contributed by atoms with Crippen LogP contribution in [0.25, 0.3) is 10.9 Å². The summed E-state index contributed by atoms with van der Waals surface area (Å²) in [6.45, 7) is 4.91. The number of aromatic nitrogens is 2. The van der Waals surface area contributed by atoms with Crippen LogP contribution in [0.2, 0.25) is 0 Å². The highest BCUT2D eigenvalue weighted by molar-refractivity contribution is 5.94. The molecule has 3 heterocycles. The lowest BCUT2D eigenvalue weighted by Crippen LogP contribution is -2.34. The van der Waals surface area contributed by atoms with Crippen molar-refractivity contribution < 1.29 is 9.53 Å². The molecule has 2 aliphatic heterocycles. The number of fused-ring (bicyclic) bond motifs is 3. The van der Waals surface area contributed by atoms with Gasteiger partial charge in [0, 0.05) is 25.6 Å². The van der Waals surface area contributed by atoms with Crippen LogP contribution in [0.1, 0.15) is 23.7 Å². The van der Waals surface area contributed by atoms with Gasteiger partial charge in [-0.05, 0) is 38.1 Å². The van der Waals surface area contributed by atoms with Crippen LogP contribution in [-0.4, -0.2) is 46.2 Å². The Bertz CT molecular complexity index is 930. The van der Waals surface area contributed by atoms with E-state index in [1.165, 1.54) is 6.07 Å². The molecule has 2 fully saturated rings. The van der Waals surface area contributed by atoms with Gasteiger partial charge in [0.15, 0.2) is 0 Å². The van der Waals surface area contributed by atoms with Gasteiger partial charge in [0.25, 0.3) is 5.56 Å². The molecule has 126 valence electrons. The van der Waals surface area contributed by atoms with Crippen LogP contribution in [0, 0.1) is 5.92 Å². The summed E-state index contributed by atoms with van der Waals surface area (Å²) >= 11 is 0. The first-order chi connectivity index (χ1) is 11.6. The number of ether oxygens (including phenoxy) is 1. The Morgan fingerprint density at radius 3 is 2.83 bits per heavy atom. The third-order valence-electron chi connectivity index (χ3n) is 5.06. The van der Waals surface area contributed by atoms with Gasteiger partial charge in [-0.25, -0.2) is 9.59 Å². The Morgan fingerprint density at radius 2 is 2.17 bits per heavy atom. The number of nitrogens with one attached hydrogen (secondary N) is 1. The molecule has 7 heteroatoms. The lowest BCUT2D eigenvalue weighted by Gasteiger charge is -2.22. The van der Waals surface area contributed by atoms with Crippen molar-refractivity contribution in [1.29, 1.82) is 0 Å². The zero-order valence-electron chi connectivity index (χ0n) is 13.4. The highest BCUT2D eigenvalue weighted by Crippen LogP contribution is 2.30. The fourth-order valence-corrected chi connectivity index (χ4v) is 3.74. The minimum absolute atomic E-state index is 0.0610. The fraction of sp³-hybridized carbons (Fsp3) is 0.471. The van der Waals surface area contributed by atoms with E-state index in [4.69, 9.17) is 4.74 Å². The van der Waals surface area contributed by atoms with Crippen LogP contribution in [0.15, 0.2) is 27.8 Å². The molecule has 4 rings (SSSR count). The first-order valence-electron chi connectivity index (χ1n) is 8.27. The van der Waals surface area contributed by atoms with Crippen molar-refractivity contribution in [1.82, 2.24) is 14.5 Å². The quantitative estimate of drug-likeness (QED) is 0.832. The summed E-state index contributed by atoms with van der Waals surface area (Å²) < 4.78 is 6.76. The number of nitrogens with zero attached hydrogens (tertiary/aromatic N) is 2. The second-order valence-electron chi connectivity index (χ2n) is 6.49. The van der Waals surface area contributed by atoms with Crippen LogP contribution in [0.5, 0.6) is 0 Å². The van der Waals surface area contributed by atoms with Crippen molar-refractivity contribution in [3.8, 4) is 0 Å². The summed E-state index contributed by atoms with van der Waals surface area (Å²) in [5.74, 6) is 0.0159. The third kappa shape index (κ3) is 2.36. The number of piperidine rings is 1. The normalized spacial score (nSPS) is 25.3. The maximum atomic E-state index is 12.4. The smallest absolute Gasteiger partial charge is 0.338 e. The summed E-state index contributed by atoms with van der Waals surface area (Å²) in [7, 11) is 0. The molecule has 1 aromatic carbocycles. The second-order valence-corrected chi connectivity index (χ2v) is 6.49. The van der Waals surface area contributed by atoms with Crippen LogP contribution >= 0.6 is 0 Å². The number of rotatable bonds is 3. The van der Waals surface area contributed by atoms with Gasteiger partial charge in [-0.3, -0.25) is 14.3 Å². The minimum Gasteiger partial charge on any atom is -0.457 e. The van der Waals surface area contributed by atoms with E-state index in [0.29, 0.717) is 28.9 Å². The largest absolute Gasteiger partial charge is 0.457 e. The van der Waals surface area contributed by atoms with Gasteiger partial charge in [0.2, 0.25) is 0 Å². The van der Waals surface area contributed by atoms with Crippen LogP contribution in [0.4, 0.5) is 0 Å². The molecule has 2 aliphatic rings. The molecule has 7 nitrogen and oxygen atoms in total. The fourth-order valence-electron chi connectivity index (χ4n) is 3.74. The van der Waals surface area contributed by atoms with E-state index in [9.17, 15) is 14.4 Å². The summed E-state index contributed by atoms with van der Waals surface area (Å²) in [5.41, 5.74) is -0.107. The minimum atomic E-state index is -0.471. The highest BCUT2D eigenvalue weighted by atomic mass is 16.5. The molecule has 0 amide bonds. The summed E-state index contributed by atoms with van der Waals surface area (Å²) in [5, 5.41) is 0.388. The van der Waals surface area contributed by atoms with Gasteiger partial charge in [0.1, 0.15) is 6.10 Å². The van der Waals surface area contributed by atoms with Crippen molar-refractivity contribution in [2.24, 2.45) is 5.92 Å². The SMILES string of the molecule is CCn1c(=O)[nH]c2cc(C(=O)O[C@H]3CN4CC[C@H]3C4)ccc2c1=O. The first-order valence-corrected chi connectivity index (χ1v) is 8.27. The zero-order chi connectivity index (χ0) is 16.8. The molecular formula is C17H19N3O4. The molecule has 2 bridgehead atoms. The maximum absolute atomic E-state index is 12.4. The Balaban J connectivity index is 1.64. The topological polar surface area (TPSA) is 84.4 Å². The number of carbonyl (C=O) groups is 1. The van der Waals surface area contributed by atoms with Crippen molar-refractivity contribution in [2.45, 2.75) is 26.0 Å². The van der Waals surface area contributed by atoms with Gasteiger partial charge in [-0.15, -0.1) is 0 Å². The number of carbonyl (C=O) groups excluding carboxylic acids is 1. The molecule has 0 radical (unpaired) electrons. The molecule has 24 heavy (non-hydrogen) atoms. The van der Waals surface area contributed by atoms with Crippen molar-refractivity contribution in [3.63, 3.8) is 0 Å². The van der Waals surface area contributed by atoms with Crippen molar-refractivity contribution >= 4 is 16.9 Å². The predicted octanol–water partition coefficient (Wildman–Crippen LogP) is 0.571. The van der Waals surface area contributed by atoms with Gasteiger partial charge in [0.05, 0.1) is 16.5 Å². The lowest BCUT2D eigenvalue weighted by molar-refractivity contribution is 0.0182. The number of hydrogen-bond donors (Lipinski definition) is 1. The Hall–Kier alpha value is -2.41. The lowest BCUT2D eigenvalue weighted by atomic mass is 10.0. The van der Waals surface area contributed by atoms with E-state index >= 15 is 0 Å². The number of hydrogen-bond acceptors (Lipinski definition) is 5. The summed E-state index contributed by atoms with van der Waals surface area (Å²) in [6, 6.07) is 4.67. The number of esters is 1. The molecular weight excluding hydrogens is 310 g/mol. The predicted molar refractivity (Wildman–Crippen MR) is 88.3 cm³/mol. The molecule has 2 aromatic rings. The standard InChI is InChI=1S/C17H19N3O4/c1-2-20-15(21)12-4-3-10(7-13(12)18-17(20)23)16(22)24-14-9-19-6-5-11(14)8-19/h3-4,7,11,14H,2,5-6,8-9H2,1H3,(H,18,23)/t11-,14-/m0/s1. The van der Waals surface area contributed by atoms with Gasteiger partial charge in [-0.2, -0.15) is 0 Å². The number of H-pyrrole nitrogens is 1. The van der Waals surface area contributed by atoms with E-state index in [-0.39, 0.29) is 11.7 Å². The molecule has 1 unspecified atom stereocenters. The summed E-state index contributed by atoms with van der Waals surface area (Å²) in [6.07, 6.45) is 1.01. The maximum Gasteiger partial charge on any atom is 0.338 e. The third-order valence-corrected chi connectivity index (χ3v) is 5.06. The Labute approximate surface area is 137 Å². The number of aromatic amines is 1. The van der Waals surface area contributed by atoms with Gasteiger partial charge < -0.3 is 9.72 Å². The first kappa shape index (κ1) is 15.1. The van der Waals surface area contributed by atoms with Gasteiger partial charge in [-0.1, -0.05) is 0 Å². The van der Waals surface area contributed by atoms with Gasteiger partial charge >= 0.3 is 11.7 Å². The zero-order valence-corrected chi connectivity index (χ0v) is 13.4. The molecule has 1 N–H and O–H groups in total. The Morgan fingerprint density at radius 1 is 1.33 bits per heavy atom. The Kier molecular flexibility index (Phi) is 3.53. The van der Waals surface area contributed by atoms with Crippen molar-refractivity contribution in [3.05, 3.63) is 44.6 Å². The molecule has 2 saturated heterocycles. The van der Waals surface area contributed by atoms with E-state index in [1.807, 2.05) is 0 Å².